The highest BCUT2D eigenvalue weighted by atomic mass is 32.5. The van der Waals surface area contributed by atoms with Crippen molar-refractivity contribution in [2.45, 2.75) is 6.92 Å². The molecule has 5 N–H and O–H groups in total. The monoisotopic (exact) mass is 232 g/mol. The molecule has 0 unspecified atom stereocenters. The van der Waals surface area contributed by atoms with Gasteiger partial charge in [0.1, 0.15) is 6.49 Å². The van der Waals surface area contributed by atoms with Crippen molar-refractivity contribution in [3.63, 3.8) is 0 Å². The predicted molar refractivity (Wildman–Crippen MR) is 53.0 cm³/mol. The fourth-order valence-corrected chi connectivity index (χ4v) is 3.30. The number of hydrogen-bond donors (Lipinski definition) is 3. The minimum absolute atomic E-state index is 0.280. The van der Waals surface area contributed by atoms with E-state index in [-0.39, 0.29) is 6.54 Å². The Kier molecular flexibility index (Phi) is 4.25. The van der Waals surface area contributed by atoms with E-state index in [0.717, 1.165) is 4.08 Å². The van der Waals surface area contributed by atoms with Gasteiger partial charge >= 0.3 is 0 Å². The van der Waals surface area contributed by atoms with Crippen LogP contribution in [0.25, 0.3) is 0 Å². The number of nitrogens with zero attached hydrogens (tertiary/aromatic N) is 1. The molecule has 12 heavy (non-hydrogen) atoms. The summed E-state index contributed by atoms with van der Waals surface area (Å²) in [4.78, 5) is 0. The first-order chi connectivity index (χ1) is 5.22. The maximum atomic E-state index is 11.2. The largest absolute Gasteiger partial charge is 0.285 e. The topological polar surface area (TPSA) is 101 Å². The van der Waals surface area contributed by atoms with Crippen LogP contribution in [-0.2, 0) is 22.0 Å². The van der Waals surface area contributed by atoms with Crippen LogP contribution < -0.4 is 15.7 Å². The highest BCUT2D eigenvalue weighted by Gasteiger charge is 2.24. The Hall–Kier alpha value is 0.440. The number of nitrogens with two attached hydrogens (primary N) is 2. The van der Waals surface area contributed by atoms with Gasteiger partial charge in [0.25, 0.3) is 10.2 Å². The third kappa shape index (κ3) is 3.44. The van der Waals surface area contributed by atoms with Crippen molar-refractivity contribution in [2.75, 3.05) is 13.6 Å². The molecule has 0 spiro atoms. The van der Waals surface area contributed by atoms with Crippen molar-refractivity contribution >= 4 is 28.5 Å². The van der Waals surface area contributed by atoms with E-state index in [4.69, 9.17) is 11.0 Å². The fraction of sp³-hybridized carbons (Fsp3) is 1.00. The lowest BCUT2D eigenvalue weighted by molar-refractivity contribution is 0.547. The van der Waals surface area contributed by atoms with Crippen LogP contribution >= 0.6 is 6.49 Å². The third-order valence-electron chi connectivity index (χ3n) is 1.11. The van der Waals surface area contributed by atoms with Crippen molar-refractivity contribution in [1.82, 2.24) is 8.80 Å². The molecule has 0 heterocycles. The van der Waals surface area contributed by atoms with Gasteiger partial charge in [0.05, 0.1) is 0 Å². The van der Waals surface area contributed by atoms with Crippen LogP contribution in [0.1, 0.15) is 6.92 Å². The zero-order valence-electron chi connectivity index (χ0n) is 6.89. The first-order valence-electron chi connectivity index (χ1n) is 3.13. The average molecular weight is 232 g/mol. The first kappa shape index (κ1) is 12.4. The molecule has 0 amide bonds. The van der Waals surface area contributed by atoms with Gasteiger partial charge in [-0.2, -0.15) is 8.42 Å². The summed E-state index contributed by atoms with van der Waals surface area (Å²) in [7, 11) is -2.33. The molecular formula is C3H13N4O2PS2. The first-order valence-corrected chi connectivity index (χ1v) is 7.46. The summed E-state index contributed by atoms with van der Waals surface area (Å²) < 4.78 is 25.4. The highest BCUT2D eigenvalue weighted by Crippen LogP contribution is 2.31. The van der Waals surface area contributed by atoms with E-state index in [1.54, 1.807) is 6.92 Å². The minimum atomic E-state index is -3.59. The Morgan fingerprint density at radius 2 is 2.00 bits per heavy atom. The zero-order chi connectivity index (χ0) is 9.99. The molecule has 0 aliphatic rings. The van der Waals surface area contributed by atoms with E-state index in [1.807, 2.05) is 0 Å². The molecule has 0 bridgehead atoms. The Bertz CT molecular complexity index is 283. The second-order valence-electron chi connectivity index (χ2n) is 2.11. The Morgan fingerprint density at radius 3 is 2.25 bits per heavy atom. The quantitative estimate of drug-likeness (QED) is 0.535. The Labute approximate surface area is 77.6 Å². The molecular weight excluding hydrogens is 219 g/mol. The Morgan fingerprint density at radius 1 is 1.58 bits per heavy atom. The van der Waals surface area contributed by atoms with Crippen LogP contribution in [0.15, 0.2) is 0 Å². The van der Waals surface area contributed by atoms with Gasteiger partial charge in [0.15, 0.2) is 0 Å². The van der Waals surface area contributed by atoms with E-state index >= 15 is 0 Å². The van der Waals surface area contributed by atoms with Crippen LogP contribution in [0.4, 0.5) is 0 Å². The van der Waals surface area contributed by atoms with Gasteiger partial charge in [-0.15, -0.1) is 4.08 Å². The molecule has 6 nitrogen and oxygen atoms in total. The SMILES string of the molecule is CCNS(=O)(=O)N(C)P(N)(N)=S. The lowest BCUT2D eigenvalue weighted by atomic mass is 10.8. The van der Waals surface area contributed by atoms with E-state index in [9.17, 15) is 8.42 Å². The van der Waals surface area contributed by atoms with Crippen LogP contribution in [-0.4, -0.2) is 26.1 Å². The smallest absolute Gasteiger partial charge is 0.279 e. The van der Waals surface area contributed by atoms with Crippen molar-refractivity contribution in [3.8, 4) is 0 Å². The van der Waals surface area contributed by atoms with Crippen LogP contribution in [0.5, 0.6) is 0 Å². The zero-order valence-corrected chi connectivity index (χ0v) is 9.42. The Balaban J connectivity index is 4.71. The van der Waals surface area contributed by atoms with E-state index in [1.165, 1.54) is 7.05 Å². The maximum absolute atomic E-state index is 11.2. The van der Waals surface area contributed by atoms with E-state index in [0.29, 0.717) is 0 Å². The van der Waals surface area contributed by atoms with Gasteiger partial charge in [0.2, 0.25) is 0 Å². The van der Waals surface area contributed by atoms with Crippen molar-refractivity contribution < 1.29 is 8.42 Å². The second kappa shape index (κ2) is 4.10. The predicted octanol–water partition coefficient (Wildman–Crippen LogP) is -1.09. The van der Waals surface area contributed by atoms with Gasteiger partial charge in [-0.1, -0.05) is 6.92 Å². The average Bonchev–Trinajstić information content (AvgIpc) is 1.84. The van der Waals surface area contributed by atoms with Crippen molar-refractivity contribution in [3.05, 3.63) is 0 Å². The molecule has 0 rings (SSSR count). The summed E-state index contributed by atoms with van der Waals surface area (Å²) in [5, 5.41) is 0. The standard InChI is InChI=1S/C3H13N4O2PS2/c1-3-6-12(8,9)7(2)10(4,5)11/h6H,3H2,1-2H3,(H4,4,5,11). The molecule has 0 aliphatic carbocycles. The van der Waals surface area contributed by atoms with E-state index < -0.39 is 16.7 Å². The summed E-state index contributed by atoms with van der Waals surface area (Å²) in [5.41, 5.74) is 10.6. The van der Waals surface area contributed by atoms with Crippen molar-refractivity contribution in [2.24, 2.45) is 11.0 Å². The number of nitrogens with one attached hydrogen (secondary N) is 1. The fourth-order valence-electron chi connectivity index (χ4n) is 0.444. The molecule has 0 aromatic heterocycles. The third-order valence-corrected chi connectivity index (χ3v) is 5.84. The molecule has 0 atom stereocenters. The number of rotatable bonds is 4. The van der Waals surface area contributed by atoms with Crippen LogP contribution in [0.2, 0.25) is 0 Å². The van der Waals surface area contributed by atoms with Crippen molar-refractivity contribution in [1.29, 1.82) is 0 Å². The summed E-state index contributed by atoms with van der Waals surface area (Å²) >= 11 is 4.64. The highest BCUT2D eigenvalue weighted by molar-refractivity contribution is 8.15. The molecule has 0 saturated carbocycles. The molecule has 74 valence electrons. The van der Waals surface area contributed by atoms with Crippen LogP contribution in [0.3, 0.4) is 0 Å². The van der Waals surface area contributed by atoms with Gasteiger partial charge in [-0.3, -0.25) is 11.0 Å². The lowest BCUT2D eigenvalue weighted by Gasteiger charge is -2.23. The summed E-state index contributed by atoms with van der Waals surface area (Å²) in [6.07, 6.45) is 0. The lowest BCUT2D eigenvalue weighted by Crippen LogP contribution is -2.39. The summed E-state index contributed by atoms with van der Waals surface area (Å²) in [6, 6.07) is 0. The molecule has 0 fully saturated rings. The molecule has 0 aromatic rings. The molecule has 0 aromatic carbocycles. The normalized spacial score (nSPS) is 13.8. The van der Waals surface area contributed by atoms with Gasteiger partial charge in [-0.05, 0) is 11.8 Å². The molecule has 0 radical (unpaired) electrons. The summed E-state index contributed by atoms with van der Waals surface area (Å²) in [5.74, 6) is 0. The second-order valence-corrected chi connectivity index (χ2v) is 7.87. The number of hydrogen-bond acceptors (Lipinski definition) is 3. The molecule has 0 aliphatic heterocycles. The minimum Gasteiger partial charge on any atom is -0.279 e. The molecule has 9 heteroatoms. The maximum Gasteiger partial charge on any atom is 0.285 e. The van der Waals surface area contributed by atoms with Crippen LogP contribution in [0, 0.1) is 0 Å². The van der Waals surface area contributed by atoms with Gasteiger partial charge < -0.3 is 0 Å². The van der Waals surface area contributed by atoms with Gasteiger partial charge in [0, 0.05) is 13.6 Å². The van der Waals surface area contributed by atoms with Gasteiger partial charge in [-0.25, -0.2) is 4.72 Å². The summed E-state index contributed by atoms with van der Waals surface area (Å²) in [6.45, 7) is -0.957. The molecule has 0 saturated heterocycles. The van der Waals surface area contributed by atoms with E-state index in [2.05, 4.69) is 16.5 Å².